The maximum absolute atomic E-state index is 12.5. The summed E-state index contributed by atoms with van der Waals surface area (Å²) in [4.78, 5) is 15.7. The van der Waals surface area contributed by atoms with Crippen molar-refractivity contribution in [3.63, 3.8) is 0 Å². The van der Waals surface area contributed by atoms with E-state index in [0.717, 1.165) is 36.5 Å². The van der Waals surface area contributed by atoms with E-state index >= 15 is 0 Å². The van der Waals surface area contributed by atoms with Crippen LogP contribution < -0.4 is 4.74 Å². The topological polar surface area (TPSA) is 51.3 Å². The second kappa shape index (κ2) is 7.41. The Bertz CT molecular complexity index is 772. The van der Waals surface area contributed by atoms with Crippen LogP contribution in [0, 0.1) is 16.7 Å². The van der Waals surface area contributed by atoms with Crippen molar-refractivity contribution in [1.82, 2.24) is 4.98 Å². The van der Waals surface area contributed by atoms with Crippen LogP contribution in [0.4, 0.5) is 0 Å². The highest BCUT2D eigenvalue weighted by atomic mass is 16.5. The summed E-state index contributed by atoms with van der Waals surface area (Å²) >= 11 is 0. The van der Waals surface area contributed by atoms with Crippen LogP contribution in [-0.4, -0.2) is 17.6 Å². The zero-order valence-corrected chi connectivity index (χ0v) is 17.1. The van der Waals surface area contributed by atoms with Gasteiger partial charge in [-0.3, -0.25) is 4.79 Å². The van der Waals surface area contributed by atoms with Gasteiger partial charge < -0.3 is 14.5 Å². The number of rotatable bonds is 8. The Morgan fingerprint density at radius 2 is 1.74 bits per heavy atom. The molecule has 0 aliphatic heterocycles. The van der Waals surface area contributed by atoms with Gasteiger partial charge in [-0.05, 0) is 53.0 Å². The van der Waals surface area contributed by atoms with Gasteiger partial charge in [0.1, 0.15) is 12.4 Å². The molecule has 2 aromatic rings. The Hall–Kier alpha value is -2.23. The van der Waals surface area contributed by atoms with E-state index < -0.39 is 0 Å². The zero-order valence-electron chi connectivity index (χ0n) is 17.1. The Labute approximate surface area is 162 Å². The van der Waals surface area contributed by atoms with E-state index in [4.69, 9.17) is 9.47 Å². The van der Waals surface area contributed by atoms with Crippen LogP contribution in [0.1, 0.15) is 57.9 Å². The Morgan fingerprint density at radius 3 is 2.33 bits per heavy atom. The van der Waals surface area contributed by atoms with Crippen molar-refractivity contribution in [1.29, 1.82) is 0 Å². The molecule has 1 aliphatic rings. The fourth-order valence-electron chi connectivity index (χ4n) is 3.89. The molecule has 1 aromatic heterocycles. The average molecular weight is 370 g/mol. The first-order chi connectivity index (χ1) is 12.8. The molecule has 1 aromatic carbocycles. The minimum Gasteiger partial charge on any atom is -0.494 e. The molecule has 0 amide bonds. The number of H-pyrrole nitrogens is 1. The van der Waals surface area contributed by atoms with Crippen molar-refractivity contribution in [3.05, 3.63) is 53.3 Å². The zero-order chi connectivity index (χ0) is 19.7. The number of hydrogen-bond acceptors (Lipinski definition) is 3. The molecule has 0 atom stereocenters. The molecule has 0 saturated heterocycles. The number of ether oxygens (including phenoxy) is 2. The summed E-state index contributed by atoms with van der Waals surface area (Å²) in [5.74, 6) is 0.778. The van der Waals surface area contributed by atoms with Crippen molar-refractivity contribution < 1.29 is 14.3 Å². The predicted octanol–water partition coefficient (Wildman–Crippen LogP) is 5.12. The average Bonchev–Trinajstić information content (AvgIpc) is 2.91. The van der Waals surface area contributed by atoms with Gasteiger partial charge in [0.05, 0.1) is 18.2 Å². The van der Waals surface area contributed by atoms with E-state index in [9.17, 15) is 4.79 Å². The number of aromatic nitrogens is 1. The summed E-state index contributed by atoms with van der Waals surface area (Å²) in [6.07, 6.45) is 3.70. The molecule has 4 nitrogen and oxygen atoms in total. The first-order valence-corrected chi connectivity index (χ1v) is 9.81. The summed E-state index contributed by atoms with van der Waals surface area (Å²) in [6, 6.07) is 10.2. The van der Waals surface area contributed by atoms with Gasteiger partial charge in [0.25, 0.3) is 0 Å². The van der Waals surface area contributed by atoms with E-state index in [-0.39, 0.29) is 22.7 Å². The smallest absolute Gasteiger partial charge is 0.310 e. The number of esters is 1. The summed E-state index contributed by atoms with van der Waals surface area (Å²) in [5, 5.41) is 0. The van der Waals surface area contributed by atoms with Crippen LogP contribution >= 0.6 is 0 Å². The monoisotopic (exact) mass is 369 g/mol. The normalized spacial score (nSPS) is 17.5. The molecule has 1 N–H and O–H groups in total. The standard InChI is InChI=1S/C23H31NO3/c1-6-13-26-18-9-7-16(8-10-18)14-17-11-12-24-19(17)15-27-21(25)20-22(2,3)23(20,4)5/h7-12,20,24H,6,13-15H2,1-5H3. The van der Waals surface area contributed by atoms with Crippen LogP contribution in [0.5, 0.6) is 5.75 Å². The first kappa shape index (κ1) is 19.5. The maximum Gasteiger partial charge on any atom is 0.310 e. The van der Waals surface area contributed by atoms with Crippen LogP contribution in [0.2, 0.25) is 0 Å². The molecule has 0 radical (unpaired) electrons. The minimum atomic E-state index is -0.0945. The van der Waals surface area contributed by atoms with Gasteiger partial charge in [-0.2, -0.15) is 0 Å². The van der Waals surface area contributed by atoms with Crippen LogP contribution in [0.15, 0.2) is 36.5 Å². The molecule has 146 valence electrons. The van der Waals surface area contributed by atoms with Crippen LogP contribution in [0.3, 0.4) is 0 Å². The molecule has 1 heterocycles. The third kappa shape index (κ3) is 3.90. The molecule has 1 fully saturated rings. The lowest BCUT2D eigenvalue weighted by molar-refractivity contribution is -0.148. The molecule has 1 saturated carbocycles. The number of carbonyl (C=O) groups excluding carboxylic acids is 1. The Kier molecular flexibility index (Phi) is 5.36. The van der Waals surface area contributed by atoms with E-state index in [0.29, 0.717) is 6.61 Å². The second-order valence-corrected chi connectivity index (χ2v) is 8.63. The van der Waals surface area contributed by atoms with Crippen molar-refractivity contribution in [2.45, 2.75) is 54.1 Å². The van der Waals surface area contributed by atoms with Crippen molar-refractivity contribution in [2.75, 3.05) is 6.61 Å². The summed E-state index contributed by atoms with van der Waals surface area (Å²) < 4.78 is 11.3. The molecule has 0 unspecified atom stereocenters. The summed E-state index contributed by atoms with van der Waals surface area (Å²) in [6.45, 7) is 11.7. The van der Waals surface area contributed by atoms with Gasteiger partial charge in [0.15, 0.2) is 0 Å². The third-order valence-electron chi connectivity index (χ3n) is 6.34. The van der Waals surface area contributed by atoms with Gasteiger partial charge in [0, 0.05) is 6.20 Å². The van der Waals surface area contributed by atoms with Crippen molar-refractivity contribution in [2.24, 2.45) is 16.7 Å². The molecule has 27 heavy (non-hydrogen) atoms. The summed E-state index contributed by atoms with van der Waals surface area (Å²) in [7, 11) is 0. The molecule has 1 aliphatic carbocycles. The van der Waals surface area contributed by atoms with Crippen molar-refractivity contribution >= 4 is 5.97 Å². The van der Waals surface area contributed by atoms with Gasteiger partial charge in [-0.15, -0.1) is 0 Å². The number of aromatic amines is 1. The fraction of sp³-hybridized carbons (Fsp3) is 0.522. The number of hydrogen-bond donors (Lipinski definition) is 1. The third-order valence-corrected chi connectivity index (χ3v) is 6.34. The Balaban J connectivity index is 1.57. The molecule has 0 spiro atoms. The first-order valence-electron chi connectivity index (χ1n) is 9.81. The fourth-order valence-corrected chi connectivity index (χ4v) is 3.89. The number of nitrogens with one attached hydrogen (secondary N) is 1. The quantitative estimate of drug-likeness (QED) is 0.657. The lowest BCUT2D eigenvalue weighted by atomic mass is 10.0. The lowest BCUT2D eigenvalue weighted by Crippen LogP contribution is -2.12. The van der Waals surface area contributed by atoms with Crippen molar-refractivity contribution in [3.8, 4) is 5.75 Å². The highest BCUT2D eigenvalue weighted by Gasteiger charge is 2.69. The predicted molar refractivity (Wildman–Crippen MR) is 107 cm³/mol. The molecule has 0 bridgehead atoms. The highest BCUT2D eigenvalue weighted by Crippen LogP contribution is 2.68. The maximum atomic E-state index is 12.5. The summed E-state index contributed by atoms with van der Waals surface area (Å²) in [5.41, 5.74) is 3.33. The van der Waals surface area contributed by atoms with Gasteiger partial charge in [-0.25, -0.2) is 0 Å². The molecule has 4 heteroatoms. The van der Waals surface area contributed by atoms with Gasteiger partial charge in [-0.1, -0.05) is 46.8 Å². The van der Waals surface area contributed by atoms with Gasteiger partial charge >= 0.3 is 5.97 Å². The van der Waals surface area contributed by atoms with Crippen LogP contribution in [-0.2, 0) is 22.6 Å². The minimum absolute atomic E-state index is 0.00421. The lowest BCUT2D eigenvalue weighted by Gasteiger charge is -2.09. The molecular weight excluding hydrogens is 338 g/mol. The number of benzene rings is 1. The van der Waals surface area contributed by atoms with E-state index in [1.165, 1.54) is 5.56 Å². The molecule has 3 rings (SSSR count). The van der Waals surface area contributed by atoms with E-state index in [2.05, 4.69) is 57.8 Å². The second-order valence-electron chi connectivity index (χ2n) is 8.63. The van der Waals surface area contributed by atoms with Crippen LogP contribution in [0.25, 0.3) is 0 Å². The SMILES string of the molecule is CCCOc1ccc(Cc2cc[nH]c2COC(=O)C2C(C)(C)C2(C)C)cc1. The Morgan fingerprint density at radius 1 is 1.07 bits per heavy atom. The van der Waals surface area contributed by atoms with E-state index in [1.807, 2.05) is 18.3 Å². The number of carbonyl (C=O) groups is 1. The largest absolute Gasteiger partial charge is 0.494 e. The molecular formula is C23H31NO3. The highest BCUT2D eigenvalue weighted by molar-refractivity contribution is 5.78. The van der Waals surface area contributed by atoms with Gasteiger partial charge in [0.2, 0.25) is 0 Å². The van der Waals surface area contributed by atoms with E-state index in [1.54, 1.807) is 0 Å².